The molecule has 0 radical (unpaired) electrons. The Labute approximate surface area is 163 Å². The third-order valence-corrected chi connectivity index (χ3v) is 5.08. The molecule has 3 aromatic rings. The summed E-state index contributed by atoms with van der Waals surface area (Å²) < 4.78 is 16.8. The highest BCUT2D eigenvalue weighted by Gasteiger charge is 2.26. The second-order valence-corrected chi connectivity index (χ2v) is 7.05. The summed E-state index contributed by atoms with van der Waals surface area (Å²) in [7, 11) is 1.59. The van der Waals surface area contributed by atoms with Crippen LogP contribution in [0.2, 0.25) is 0 Å². The van der Waals surface area contributed by atoms with Gasteiger partial charge in [-0.25, -0.2) is 0 Å². The van der Waals surface area contributed by atoms with Gasteiger partial charge in [0.2, 0.25) is 5.88 Å². The van der Waals surface area contributed by atoms with E-state index in [4.69, 9.17) is 13.9 Å². The first-order valence-corrected chi connectivity index (χ1v) is 9.43. The van der Waals surface area contributed by atoms with Gasteiger partial charge in [-0.2, -0.15) is 5.10 Å². The Morgan fingerprint density at radius 1 is 1.21 bits per heavy atom. The first-order chi connectivity index (χ1) is 13.6. The maximum absolute atomic E-state index is 12.8. The zero-order chi connectivity index (χ0) is 19.5. The van der Waals surface area contributed by atoms with Crippen molar-refractivity contribution in [3.63, 3.8) is 0 Å². The topological polar surface area (TPSA) is 77.7 Å². The van der Waals surface area contributed by atoms with Crippen molar-refractivity contribution in [3.05, 3.63) is 47.9 Å². The van der Waals surface area contributed by atoms with Crippen LogP contribution in [0.5, 0.6) is 11.6 Å². The van der Waals surface area contributed by atoms with Crippen LogP contribution >= 0.6 is 0 Å². The van der Waals surface area contributed by atoms with Crippen molar-refractivity contribution in [2.75, 3.05) is 26.8 Å². The van der Waals surface area contributed by atoms with Crippen LogP contribution in [0.25, 0.3) is 11.0 Å². The Bertz CT molecular complexity index is 959. The summed E-state index contributed by atoms with van der Waals surface area (Å²) in [5.41, 5.74) is 1.47. The number of carbonyl (C=O) groups excluding carboxylic acids is 1. The van der Waals surface area contributed by atoms with Crippen molar-refractivity contribution >= 4 is 16.9 Å². The van der Waals surface area contributed by atoms with Crippen molar-refractivity contribution in [2.24, 2.45) is 5.92 Å². The van der Waals surface area contributed by atoms with Crippen molar-refractivity contribution < 1.29 is 18.7 Å². The number of aromatic nitrogens is 2. The number of fused-ring (bicyclic) bond motifs is 1. The van der Waals surface area contributed by atoms with Crippen LogP contribution in [-0.2, 0) is 0 Å². The third kappa shape index (κ3) is 3.78. The summed E-state index contributed by atoms with van der Waals surface area (Å²) in [5.74, 6) is 1.83. The number of nitrogens with zero attached hydrogens (tertiary/aromatic N) is 3. The van der Waals surface area contributed by atoms with E-state index in [-0.39, 0.29) is 5.91 Å². The van der Waals surface area contributed by atoms with Crippen LogP contribution in [-0.4, -0.2) is 47.8 Å². The second kappa shape index (κ2) is 7.88. The number of ether oxygens (including phenoxy) is 2. The molecule has 1 amide bonds. The second-order valence-electron chi connectivity index (χ2n) is 7.05. The van der Waals surface area contributed by atoms with E-state index in [0.29, 0.717) is 48.6 Å². The van der Waals surface area contributed by atoms with Gasteiger partial charge in [0.15, 0.2) is 17.1 Å². The molecular weight excluding hydrogens is 358 g/mol. The third-order valence-electron chi connectivity index (χ3n) is 5.08. The first-order valence-electron chi connectivity index (χ1n) is 9.43. The molecule has 0 bridgehead atoms. The fourth-order valence-corrected chi connectivity index (χ4v) is 3.43. The molecule has 3 heterocycles. The molecule has 7 nitrogen and oxygen atoms in total. The largest absolute Gasteiger partial charge is 0.493 e. The van der Waals surface area contributed by atoms with Gasteiger partial charge in [-0.05, 0) is 43.9 Å². The summed E-state index contributed by atoms with van der Waals surface area (Å²) in [4.78, 5) is 14.7. The minimum absolute atomic E-state index is 0.0815. The molecule has 0 aliphatic carbocycles. The standard InChI is InChI=1S/C21H23N3O4/c1-14-6-7-19(23-22-14)27-13-15-8-10-24(11-9-15)21(25)18-12-16-4-3-5-17(26-2)20(16)28-18/h3-7,12,15H,8-11,13H2,1-2H3. The molecule has 7 heteroatoms. The lowest BCUT2D eigenvalue weighted by atomic mass is 9.97. The number of piperidine rings is 1. The molecule has 1 aliphatic heterocycles. The SMILES string of the molecule is COc1cccc2cc(C(=O)N3CCC(COc4ccc(C)nn4)CC3)oc12. The number of rotatable bonds is 5. The van der Waals surface area contributed by atoms with Crippen LogP contribution in [0, 0.1) is 12.8 Å². The molecule has 1 saturated heterocycles. The van der Waals surface area contributed by atoms with Gasteiger partial charge in [0.05, 0.1) is 19.4 Å². The van der Waals surface area contributed by atoms with Gasteiger partial charge in [0.25, 0.3) is 5.91 Å². The van der Waals surface area contributed by atoms with Gasteiger partial charge in [-0.1, -0.05) is 12.1 Å². The van der Waals surface area contributed by atoms with E-state index in [9.17, 15) is 4.79 Å². The Hall–Kier alpha value is -3.09. The lowest BCUT2D eigenvalue weighted by Crippen LogP contribution is -2.39. The van der Waals surface area contributed by atoms with Crippen LogP contribution in [0.4, 0.5) is 0 Å². The molecular formula is C21H23N3O4. The number of likely N-dealkylation sites (tertiary alicyclic amines) is 1. The molecule has 2 aromatic heterocycles. The summed E-state index contributed by atoms with van der Waals surface area (Å²) in [5, 5.41) is 8.88. The molecule has 1 fully saturated rings. The molecule has 146 valence electrons. The number of para-hydroxylation sites is 1. The predicted octanol–water partition coefficient (Wildman–Crippen LogP) is 3.47. The van der Waals surface area contributed by atoms with Gasteiger partial charge in [0.1, 0.15) is 0 Å². The van der Waals surface area contributed by atoms with Crippen molar-refractivity contribution in [2.45, 2.75) is 19.8 Å². The number of aryl methyl sites for hydroxylation is 1. The maximum atomic E-state index is 12.8. The molecule has 0 N–H and O–H groups in total. The van der Waals surface area contributed by atoms with E-state index >= 15 is 0 Å². The summed E-state index contributed by atoms with van der Waals surface area (Å²) in [6.07, 6.45) is 1.77. The number of methoxy groups -OCH3 is 1. The van der Waals surface area contributed by atoms with Crippen LogP contribution in [0.1, 0.15) is 29.1 Å². The van der Waals surface area contributed by atoms with E-state index < -0.39 is 0 Å². The zero-order valence-corrected chi connectivity index (χ0v) is 16.1. The van der Waals surface area contributed by atoms with Gasteiger partial charge >= 0.3 is 0 Å². The first kappa shape index (κ1) is 18.3. The highest BCUT2D eigenvalue weighted by molar-refractivity contribution is 5.97. The minimum Gasteiger partial charge on any atom is -0.493 e. The monoisotopic (exact) mass is 381 g/mol. The van der Waals surface area contributed by atoms with E-state index in [2.05, 4.69) is 10.2 Å². The molecule has 0 atom stereocenters. The summed E-state index contributed by atoms with van der Waals surface area (Å²) in [6.45, 7) is 3.84. The number of furan rings is 1. The highest BCUT2D eigenvalue weighted by Crippen LogP contribution is 2.29. The molecule has 0 unspecified atom stereocenters. The molecule has 0 spiro atoms. The van der Waals surface area contributed by atoms with Crippen molar-refractivity contribution in [1.29, 1.82) is 0 Å². The van der Waals surface area contributed by atoms with E-state index in [1.165, 1.54) is 0 Å². The number of hydrogen-bond acceptors (Lipinski definition) is 6. The maximum Gasteiger partial charge on any atom is 0.289 e. The average molecular weight is 381 g/mol. The van der Waals surface area contributed by atoms with Crippen molar-refractivity contribution in [3.8, 4) is 11.6 Å². The molecule has 0 saturated carbocycles. The fraction of sp³-hybridized carbons (Fsp3) is 0.381. The Kier molecular flexibility index (Phi) is 5.14. The van der Waals surface area contributed by atoms with Gasteiger partial charge in [-0.3, -0.25) is 4.79 Å². The number of hydrogen-bond donors (Lipinski definition) is 0. The quantitative estimate of drug-likeness (QED) is 0.673. The number of benzene rings is 1. The number of amides is 1. The van der Waals surface area contributed by atoms with Crippen LogP contribution in [0.3, 0.4) is 0 Å². The van der Waals surface area contributed by atoms with Gasteiger partial charge in [0, 0.05) is 24.5 Å². The molecule has 4 rings (SSSR count). The van der Waals surface area contributed by atoms with Crippen molar-refractivity contribution in [1.82, 2.24) is 15.1 Å². The zero-order valence-electron chi connectivity index (χ0n) is 16.1. The van der Waals surface area contributed by atoms with Gasteiger partial charge < -0.3 is 18.8 Å². The van der Waals surface area contributed by atoms with E-state index in [1.807, 2.05) is 42.2 Å². The van der Waals surface area contributed by atoms with Crippen LogP contribution < -0.4 is 9.47 Å². The average Bonchev–Trinajstić information content (AvgIpc) is 3.17. The molecule has 28 heavy (non-hydrogen) atoms. The minimum atomic E-state index is -0.0815. The van der Waals surface area contributed by atoms with Crippen LogP contribution in [0.15, 0.2) is 40.8 Å². The smallest absolute Gasteiger partial charge is 0.289 e. The lowest BCUT2D eigenvalue weighted by Gasteiger charge is -2.31. The summed E-state index contributed by atoms with van der Waals surface area (Å²) >= 11 is 0. The fourth-order valence-electron chi connectivity index (χ4n) is 3.43. The Morgan fingerprint density at radius 2 is 2.04 bits per heavy atom. The summed E-state index contributed by atoms with van der Waals surface area (Å²) in [6, 6.07) is 11.1. The normalized spacial score (nSPS) is 15.0. The van der Waals surface area contributed by atoms with E-state index in [1.54, 1.807) is 13.2 Å². The predicted molar refractivity (Wildman–Crippen MR) is 104 cm³/mol. The molecule has 1 aromatic carbocycles. The molecule has 1 aliphatic rings. The number of carbonyl (C=O) groups is 1. The van der Waals surface area contributed by atoms with E-state index in [0.717, 1.165) is 23.9 Å². The van der Waals surface area contributed by atoms with Gasteiger partial charge in [-0.15, -0.1) is 5.10 Å². The lowest BCUT2D eigenvalue weighted by molar-refractivity contribution is 0.0630. The Morgan fingerprint density at radius 3 is 2.75 bits per heavy atom. The Balaban J connectivity index is 1.34. The highest BCUT2D eigenvalue weighted by atomic mass is 16.5.